The van der Waals surface area contributed by atoms with Crippen LogP contribution < -0.4 is 0 Å². The molecule has 3 rings (SSSR count). The average molecular weight is 315 g/mol. The van der Waals surface area contributed by atoms with Crippen LogP contribution in [0.1, 0.15) is 41.0 Å². The van der Waals surface area contributed by atoms with Crippen LogP contribution in [0.3, 0.4) is 0 Å². The van der Waals surface area contributed by atoms with Gasteiger partial charge in [0.25, 0.3) is 11.8 Å². The lowest BCUT2D eigenvalue weighted by atomic mass is 10.1. The van der Waals surface area contributed by atoms with E-state index in [0.717, 1.165) is 0 Å². The van der Waals surface area contributed by atoms with Gasteiger partial charge in [0.1, 0.15) is 0 Å². The fourth-order valence-electron chi connectivity index (χ4n) is 2.83. The van der Waals surface area contributed by atoms with E-state index in [9.17, 15) is 14.4 Å². The lowest BCUT2D eigenvalue weighted by Crippen LogP contribution is -2.35. The molecule has 0 bridgehead atoms. The number of nitrogens with zero attached hydrogens (tertiary/aromatic N) is 4. The van der Waals surface area contributed by atoms with Crippen molar-refractivity contribution in [1.29, 1.82) is 0 Å². The maximum atomic E-state index is 12.6. The van der Waals surface area contributed by atoms with Gasteiger partial charge in [-0.05, 0) is 13.3 Å². The maximum Gasteiger partial charge on any atom is 0.263 e. The highest BCUT2D eigenvalue weighted by molar-refractivity contribution is 6.25. The third-order valence-corrected chi connectivity index (χ3v) is 4.05. The SMILES string of the molecule is CCN(CCCN1C(=O)c2cnc3[nH]ncc3c2C1=O)C(C)=O. The van der Waals surface area contributed by atoms with Crippen LogP contribution in [0, 0.1) is 0 Å². The molecule has 1 N–H and O–H groups in total. The van der Waals surface area contributed by atoms with Crippen LogP contribution in [0.2, 0.25) is 0 Å². The number of aromatic amines is 1. The van der Waals surface area contributed by atoms with Crippen LogP contribution in [0.25, 0.3) is 11.0 Å². The zero-order valence-electron chi connectivity index (χ0n) is 13.0. The van der Waals surface area contributed by atoms with E-state index >= 15 is 0 Å². The van der Waals surface area contributed by atoms with E-state index in [-0.39, 0.29) is 24.3 Å². The first-order chi connectivity index (χ1) is 11.0. The normalized spacial score (nSPS) is 13.7. The van der Waals surface area contributed by atoms with Crippen molar-refractivity contribution in [2.24, 2.45) is 0 Å². The number of H-pyrrole nitrogens is 1. The van der Waals surface area contributed by atoms with Gasteiger partial charge in [-0.2, -0.15) is 5.10 Å². The number of hydrogen-bond acceptors (Lipinski definition) is 5. The van der Waals surface area contributed by atoms with Crippen LogP contribution >= 0.6 is 0 Å². The first kappa shape index (κ1) is 15.1. The van der Waals surface area contributed by atoms with Crippen molar-refractivity contribution in [1.82, 2.24) is 25.0 Å². The molecular formula is C15H17N5O3. The molecule has 0 radical (unpaired) electrons. The maximum absolute atomic E-state index is 12.6. The largest absolute Gasteiger partial charge is 0.343 e. The molecule has 0 aromatic carbocycles. The van der Waals surface area contributed by atoms with Gasteiger partial charge >= 0.3 is 0 Å². The summed E-state index contributed by atoms with van der Waals surface area (Å²) in [5.74, 6) is -0.685. The van der Waals surface area contributed by atoms with Crippen molar-refractivity contribution in [2.75, 3.05) is 19.6 Å². The molecule has 120 valence electrons. The number of amides is 3. The zero-order valence-corrected chi connectivity index (χ0v) is 13.0. The van der Waals surface area contributed by atoms with Crippen molar-refractivity contribution in [3.05, 3.63) is 23.5 Å². The van der Waals surface area contributed by atoms with E-state index < -0.39 is 0 Å². The Bertz CT molecular complexity index is 798. The third kappa shape index (κ3) is 2.45. The molecule has 0 spiro atoms. The van der Waals surface area contributed by atoms with E-state index in [4.69, 9.17) is 0 Å². The summed E-state index contributed by atoms with van der Waals surface area (Å²) in [4.78, 5) is 43.3. The van der Waals surface area contributed by atoms with Gasteiger partial charge in [-0.15, -0.1) is 0 Å². The fraction of sp³-hybridized carbons (Fsp3) is 0.400. The molecular weight excluding hydrogens is 298 g/mol. The highest BCUT2D eigenvalue weighted by atomic mass is 16.2. The average Bonchev–Trinajstić information content (AvgIpc) is 3.08. The number of imide groups is 1. The van der Waals surface area contributed by atoms with Crippen LogP contribution in [0.15, 0.2) is 12.4 Å². The summed E-state index contributed by atoms with van der Waals surface area (Å²) >= 11 is 0. The lowest BCUT2D eigenvalue weighted by Gasteiger charge is -2.20. The zero-order chi connectivity index (χ0) is 16.6. The van der Waals surface area contributed by atoms with Crippen molar-refractivity contribution < 1.29 is 14.4 Å². The number of pyridine rings is 1. The van der Waals surface area contributed by atoms with Gasteiger partial charge in [0.2, 0.25) is 5.91 Å². The van der Waals surface area contributed by atoms with Crippen molar-refractivity contribution in [3.63, 3.8) is 0 Å². The number of fused-ring (bicyclic) bond motifs is 3. The molecule has 1 aliphatic rings. The summed E-state index contributed by atoms with van der Waals surface area (Å²) in [6, 6.07) is 0. The summed E-state index contributed by atoms with van der Waals surface area (Å²) in [5.41, 5.74) is 1.15. The molecule has 0 saturated carbocycles. The topological polar surface area (TPSA) is 99.3 Å². The molecule has 0 unspecified atom stereocenters. The van der Waals surface area contributed by atoms with Crippen molar-refractivity contribution >= 4 is 28.8 Å². The Balaban J connectivity index is 1.77. The second-order valence-corrected chi connectivity index (χ2v) is 5.39. The Morgan fingerprint density at radius 2 is 2.09 bits per heavy atom. The van der Waals surface area contributed by atoms with E-state index in [1.165, 1.54) is 24.2 Å². The van der Waals surface area contributed by atoms with Crippen LogP contribution in [0.5, 0.6) is 0 Å². The Morgan fingerprint density at radius 3 is 2.78 bits per heavy atom. The Morgan fingerprint density at radius 1 is 1.30 bits per heavy atom. The molecule has 23 heavy (non-hydrogen) atoms. The minimum atomic E-state index is -0.341. The highest BCUT2D eigenvalue weighted by Gasteiger charge is 2.37. The minimum Gasteiger partial charge on any atom is -0.343 e. The number of hydrogen-bond donors (Lipinski definition) is 1. The fourth-order valence-corrected chi connectivity index (χ4v) is 2.83. The van der Waals surface area contributed by atoms with Crippen molar-refractivity contribution in [3.8, 4) is 0 Å². The van der Waals surface area contributed by atoms with E-state index in [1.807, 2.05) is 6.92 Å². The van der Waals surface area contributed by atoms with Gasteiger partial charge < -0.3 is 4.90 Å². The Labute approximate surface area is 132 Å². The van der Waals surface area contributed by atoms with Crippen molar-refractivity contribution in [2.45, 2.75) is 20.3 Å². The third-order valence-electron chi connectivity index (χ3n) is 4.05. The quantitative estimate of drug-likeness (QED) is 0.823. The van der Waals surface area contributed by atoms with Gasteiger partial charge in [0.05, 0.1) is 22.7 Å². The van der Waals surface area contributed by atoms with E-state index in [1.54, 1.807) is 4.90 Å². The van der Waals surface area contributed by atoms with Gasteiger partial charge in [0, 0.05) is 32.8 Å². The predicted octanol–water partition coefficient (Wildman–Crippen LogP) is 0.812. The summed E-state index contributed by atoms with van der Waals surface area (Å²) in [6.07, 6.45) is 3.45. The van der Waals surface area contributed by atoms with Crippen LogP contribution in [-0.4, -0.2) is 62.3 Å². The molecule has 3 heterocycles. The first-order valence-corrected chi connectivity index (χ1v) is 7.48. The molecule has 0 aliphatic carbocycles. The molecule has 8 nitrogen and oxygen atoms in total. The van der Waals surface area contributed by atoms with Crippen LogP contribution in [-0.2, 0) is 4.79 Å². The molecule has 8 heteroatoms. The van der Waals surface area contributed by atoms with Crippen LogP contribution in [0.4, 0.5) is 0 Å². The Kier molecular flexibility index (Phi) is 3.81. The molecule has 0 fully saturated rings. The molecule has 1 aliphatic heterocycles. The molecule has 3 amide bonds. The smallest absolute Gasteiger partial charge is 0.263 e. The standard InChI is InChI=1S/C15H17N5O3/c1-3-19(9(2)21)5-4-6-20-14(22)11-7-16-13-10(8-17-18-13)12(11)15(20)23/h7-8H,3-6H2,1-2H3,(H,16,17,18). The second kappa shape index (κ2) is 5.79. The minimum absolute atomic E-state index is 0.0147. The number of aromatic nitrogens is 3. The van der Waals surface area contributed by atoms with Gasteiger partial charge in [-0.1, -0.05) is 0 Å². The summed E-state index contributed by atoms with van der Waals surface area (Å²) in [6.45, 7) is 4.79. The Hall–Kier alpha value is -2.77. The molecule has 2 aromatic heterocycles. The van der Waals surface area contributed by atoms with Gasteiger partial charge in [-0.25, -0.2) is 4.98 Å². The number of nitrogens with one attached hydrogen (secondary N) is 1. The second-order valence-electron chi connectivity index (χ2n) is 5.39. The summed E-state index contributed by atoms with van der Waals surface area (Å²) in [5, 5.41) is 7.11. The highest BCUT2D eigenvalue weighted by Crippen LogP contribution is 2.27. The van der Waals surface area contributed by atoms with E-state index in [0.29, 0.717) is 41.7 Å². The van der Waals surface area contributed by atoms with Gasteiger partial charge in [-0.3, -0.25) is 24.4 Å². The number of carbonyl (C=O) groups is 3. The lowest BCUT2D eigenvalue weighted by molar-refractivity contribution is -0.128. The summed E-state index contributed by atoms with van der Waals surface area (Å²) < 4.78 is 0. The number of rotatable bonds is 5. The van der Waals surface area contributed by atoms with Gasteiger partial charge in [0.15, 0.2) is 5.65 Å². The van der Waals surface area contributed by atoms with E-state index in [2.05, 4.69) is 15.2 Å². The molecule has 0 saturated heterocycles. The predicted molar refractivity (Wildman–Crippen MR) is 81.8 cm³/mol. The number of carbonyl (C=O) groups excluding carboxylic acids is 3. The monoisotopic (exact) mass is 315 g/mol. The first-order valence-electron chi connectivity index (χ1n) is 7.48. The summed E-state index contributed by atoms with van der Waals surface area (Å²) in [7, 11) is 0. The molecule has 0 atom stereocenters. The molecule has 2 aromatic rings.